The zero-order chi connectivity index (χ0) is 13.8. The molecule has 0 saturated heterocycles. The summed E-state index contributed by atoms with van der Waals surface area (Å²) in [7, 11) is 1.23. The summed E-state index contributed by atoms with van der Waals surface area (Å²) in [5, 5.41) is 13.6. The summed E-state index contributed by atoms with van der Waals surface area (Å²) in [5.41, 5.74) is 0. The van der Waals surface area contributed by atoms with Gasteiger partial charge in [-0.1, -0.05) is 0 Å². The molecule has 0 aliphatic carbocycles. The molecule has 11 heteroatoms. The highest BCUT2D eigenvalue weighted by atomic mass is 19.4. The van der Waals surface area contributed by atoms with Crippen LogP contribution in [0.25, 0.3) is 0 Å². The Morgan fingerprint density at radius 1 is 1.44 bits per heavy atom. The number of carbonyl (C=O) groups excluding carboxylic acids is 2. The van der Waals surface area contributed by atoms with Crippen LogP contribution in [0, 0.1) is 0 Å². The normalized spacial score (nSPS) is 11.1. The molecule has 1 rings (SSSR count). The van der Waals surface area contributed by atoms with Gasteiger partial charge in [0.2, 0.25) is 5.91 Å². The van der Waals surface area contributed by atoms with Gasteiger partial charge in [-0.25, -0.2) is 0 Å². The Balaban J connectivity index is 2.43. The van der Waals surface area contributed by atoms with Crippen molar-refractivity contribution in [2.24, 2.45) is 0 Å². The third-order valence-corrected chi connectivity index (χ3v) is 1.75. The number of aromatic nitrogens is 4. The van der Waals surface area contributed by atoms with Gasteiger partial charge in [0.15, 0.2) is 0 Å². The molecule has 0 spiro atoms. The number of likely N-dealkylation sites (N-methyl/N-ethyl adjacent to an activating group) is 1. The lowest BCUT2D eigenvalue weighted by Crippen LogP contribution is -2.42. The van der Waals surface area contributed by atoms with Crippen molar-refractivity contribution in [2.45, 2.75) is 6.18 Å². The Labute approximate surface area is 98.5 Å². The summed E-state index contributed by atoms with van der Waals surface area (Å²) >= 11 is 0. The maximum atomic E-state index is 11.8. The molecule has 0 aliphatic heterocycles. The molecular formula is C7H9F3N6O2. The largest absolute Gasteiger partial charge is 0.405 e. The second kappa shape index (κ2) is 5.42. The molecule has 0 atom stereocenters. The molecule has 0 aromatic carbocycles. The number of rotatable bonds is 4. The lowest BCUT2D eigenvalue weighted by Gasteiger charge is -2.15. The van der Waals surface area contributed by atoms with Crippen molar-refractivity contribution >= 4 is 11.8 Å². The number of hydrogen-bond donors (Lipinski definition) is 2. The van der Waals surface area contributed by atoms with Crippen LogP contribution in [0.5, 0.6) is 0 Å². The number of carbonyl (C=O) groups is 2. The van der Waals surface area contributed by atoms with Crippen molar-refractivity contribution in [3.63, 3.8) is 0 Å². The van der Waals surface area contributed by atoms with E-state index >= 15 is 0 Å². The Hall–Kier alpha value is -2.20. The summed E-state index contributed by atoms with van der Waals surface area (Å²) < 4.78 is 35.4. The Morgan fingerprint density at radius 2 is 2.11 bits per heavy atom. The first-order valence-electron chi connectivity index (χ1n) is 4.62. The van der Waals surface area contributed by atoms with E-state index in [0.29, 0.717) is 0 Å². The summed E-state index contributed by atoms with van der Waals surface area (Å²) in [6.07, 6.45) is -4.49. The van der Waals surface area contributed by atoms with Gasteiger partial charge in [-0.05, 0) is 5.21 Å². The average Bonchev–Trinajstić information content (AvgIpc) is 2.77. The minimum absolute atomic E-state index is 0.277. The third-order valence-electron chi connectivity index (χ3n) is 1.75. The van der Waals surface area contributed by atoms with Crippen molar-refractivity contribution in [3.05, 3.63) is 5.82 Å². The topological polar surface area (TPSA) is 104 Å². The number of H-pyrrole nitrogens is 1. The minimum Gasteiger partial charge on any atom is -0.345 e. The van der Waals surface area contributed by atoms with Crippen LogP contribution in [0.2, 0.25) is 0 Å². The quantitative estimate of drug-likeness (QED) is 0.723. The van der Waals surface area contributed by atoms with E-state index in [2.05, 4.69) is 20.6 Å². The molecule has 2 N–H and O–H groups in total. The first-order valence-corrected chi connectivity index (χ1v) is 4.62. The van der Waals surface area contributed by atoms with Crippen molar-refractivity contribution < 1.29 is 22.8 Å². The summed E-state index contributed by atoms with van der Waals surface area (Å²) in [6, 6.07) is 0. The second-order valence-corrected chi connectivity index (χ2v) is 3.29. The van der Waals surface area contributed by atoms with Crippen LogP contribution in [-0.2, 0) is 4.79 Å². The molecule has 0 fully saturated rings. The van der Waals surface area contributed by atoms with Crippen LogP contribution in [0.4, 0.5) is 13.2 Å². The molecule has 1 heterocycles. The Kier molecular flexibility index (Phi) is 4.18. The minimum atomic E-state index is -4.49. The third kappa shape index (κ3) is 4.35. The van der Waals surface area contributed by atoms with E-state index in [1.807, 2.05) is 0 Å². The Bertz CT molecular complexity index is 417. The number of nitrogens with zero attached hydrogens (tertiary/aromatic N) is 4. The summed E-state index contributed by atoms with van der Waals surface area (Å²) in [5.74, 6) is -1.95. The molecule has 8 nitrogen and oxygen atoms in total. The summed E-state index contributed by atoms with van der Waals surface area (Å²) in [4.78, 5) is 23.5. The number of tetrazole rings is 1. The first-order chi connectivity index (χ1) is 8.29. The van der Waals surface area contributed by atoms with E-state index in [-0.39, 0.29) is 5.82 Å². The fourth-order valence-corrected chi connectivity index (χ4v) is 0.965. The van der Waals surface area contributed by atoms with Crippen LogP contribution in [0.3, 0.4) is 0 Å². The molecule has 1 aromatic heterocycles. The van der Waals surface area contributed by atoms with E-state index in [1.165, 1.54) is 7.05 Å². The highest BCUT2D eigenvalue weighted by molar-refractivity contribution is 5.93. The number of hydrogen-bond acceptors (Lipinski definition) is 5. The van der Waals surface area contributed by atoms with E-state index in [9.17, 15) is 22.8 Å². The van der Waals surface area contributed by atoms with E-state index in [1.54, 1.807) is 5.32 Å². The smallest absolute Gasteiger partial charge is 0.345 e. The number of alkyl halides is 3. The van der Waals surface area contributed by atoms with Crippen molar-refractivity contribution in [3.8, 4) is 0 Å². The predicted molar refractivity (Wildman–Crippen MR) is 50.2 cm³/mol. The van der Waals surface area contributed by atoms with E-state index in [4.69, 9.17) is 0 Å². The lowest BCUT2D eigenvalue weighted by molar-refractivity contribution is -0.138. The fourth-order valence-electron chi connectivity index (χ4n) is 0.965. The second-order valence-electron chi connectivity index (χ2n) is 3.29. The van der Waals surface area contributed by atoms with Gasteiger partial charge in [0, 0.05) is 7.05 Å². The highest BCUT2D eigenvalue weighted by Gasteiger charge is 2.28. The van der Waals surface area contributed by atoms with Crippen LogP contribution in [0.15, 0.2) is 0 Å². The first kappa shape index (κ1) is 13.9. The van der Waals surface area contributed by atoms with Gasteiger partial charge < -0.3 is 10.2 Å². The van der Waals surface area contributed by atoms with Crippen molar-refractivity contribution in [1.29, 1.82) is 0 Å². The van der Waals surface area contributed by atoms with Crippen LogP contribution in [0.1, 0.15) is 10.6 Å². The summed E-state index contributed by atoms with van der Waals surface area (Å²) in [6.45, 7) is -1.99. The van der Waals surface area contributed by atoms with E-state index < -0.39 is 31.1 Å². The SMILES string of the molecule is CN(CC(=O)NCC(F)(F)F)C(=O)c1nn[nH]n1. The van der Waals surface area contributed by atoms with Crippen LogP contribution < -0.4 is 5.32 Å². The van der Waals surface area contributed by atoms with Crippen molar-refractivity contribution in [2.75, 3.05) is 20.1 Å². The molecule has 0 radical (unpaired) electrons. The van der Waals surface area contributed by atoms with E-state index in [0.717, 1.165) is 4.90 Å². The van der Waals surface area contributed by atoms with Gasteiger partial charge in [0.25, 0.3) is 11.7 Å². The molecule has 0 unspecified atom stereocenters. The molecule has 2 amide bonds. The highest BCUT2D eigenvalue weighted by Crippen LogP contribution is 2.11. The van der Waals surface area contributed by atoms with Crippen LogP contribution in [-0.4, -0.2) is 63.7 Å². The van der Waals surface area contributed by atoms with Gasteiger partial charge in [-0.2, -0.15) is 18.4 Å². The molecule has 0 bridgehead atoms. The van der Waals surface area contributed by atoms with Gasteiger partial charge in [-0.3, -0.25) is 9.59 Å². The van der Waals surface area contributed by atoms with Gasteiger partial charge in [0.05, 0.1) is 6.54 Å². The molecule has 18 heavy (non-hydrogen) atoms. The average molecular weight is 266 g/mol. The molecule has 100 valence electrons. The maximum absolute atomic E-state index is 11.8. The monoisotopic (exact) mass is 266 g/mol. The lowest BCUT2D eigenvalue weighted by atomic mass is 10.4. The maximum Gasteiger partial charge on any atom is 0.405 e. The number of amides is 2. The zero-order valence-electron chi connectivity index (χ0n) is 9.15. The van der Waals surface area contributed by atoms with Crippen LogP contribution >= 0.6 is 0 Å². The van der Waals surface area contributed by atoms with Crippen molar-refractivity contribution in [1.82, 2.24) is 30.8 Å². The zero-order valence-corrected chi connectivity index (χ0v) is 9.15. The predicted octanol–water partition coefficient (Wildman–Crippen LogP) is -1.05. The van der Waals surface area contributed by atoms with Gasteiger partial charge in [0.1, 0.15) is 6.54 Å². The molecule has 0 aliphatic rings. The van der Waals surface area contributed by atoms with Gasteiger partial charge >= 0.3 is 6.18 Å². The molecule has 1 aromatic rings. The number of nitrogens with one attached hydrogen (secondary N) is 2. The Morgan fingerprint density at radius 3 is 2.61 bits per heavy atom. The fraction of sp³-hybridized carbons (Fsp3) is 0.571. The number of halogens is 3. The van der Waals surface area contributed by atoms with Gasteiger partial charge in [-0.15, -0.1) is 10.2 Å². The molecule has 0 saturated carbocycles. The standard InChI is InChI=1S/C7H9F3N6O2/c1-16(6(18)5-12-14-15-13-5)2-4(17)11-3-7(8,9)10/h2-3H2,1H3,(H,11,17)(H,12,13,14,15). The number of aromatic amines is 1. The molecular weight excluding hydrogens is 257 g/mol.